The number of carbonyl (C=O) groups is 1. The van der Waals surface area contributed by atoms with E-state index in [9.17, 15) is 17.6 Å². The molecule has 0 saturated carbocycles. The van der Waals surface area contributed by atoms with E-state index in [0.29, 0.717) is 19.4 Å². The van der Waals surface area contributed by atoms with Crippen LogP contribution >= 0.6 is 0 Å². The number of aliphatic carboxylic acids is 1. The van der Waals surface area contributed by atoms with Gasteiger partial charge in [0.1, 0.15) is 11.9 Å². The number of hydrogen-bond acceptors (Lipinski definition) is 4. The molecule has 0 amide bonds. The molecule has 2 rings (SSSR count). The highest BCUT2D eigenvalue weighted by Gasteiger charge is 2.32. The van der Waals surface area contributed by atoms with E-state index in [1.807, 2.05) is 0 Å². The molecule has 1 heterocycles. The summed E-state index contributed by atoms with van der Waals surface area (Å²) in [5, 5.41) is 9.09. The van der Waals surface area contributed by atoms with Crippen molar-refractivity contribution in [1.29, 1.82) is 0 Å². The number of carboxylic acids is 1. The van der Waals surface area contributed by atoms with Gasteiger partial charge in [-0.1, -0.05) is 0 Å². The van der Waals surface area contributed by atoms with Crippen LogP contribution < -0.4 is 9.62 Å². The molecule has 1 aromatic carbocycles. The number of hydrogen-bond donors (Lipinski definition) is 2. The number of sulfonamides is 1. The number of anilines is 1. The van der Waals surface area contributed by atoms with Crippen LogP contribution in [0.4, 0.5) is 10.1 Å². The Hall–Kier alpha value is -1.67. The van der Waals surface area contributed by atoms with Crippen molar-refractivity contribution in [3.05, 3.63) is 24.0 Å². The summed E-state index contributed by atoms with van der Waals surface area (Å²) in [7, 11) is -2.48. The van der Waals surface area contributed by atoms with Crippen LogP contribution in [-0.4, -0.2) is 39.1 Å². The molecular formula is C12H15FN2O4S. The third kappa shape index (κ3) is 2.61. The highest BCUT2D eigenvalue weighted by molar-refractivity contribution is 7.89. The molecule has 1 unspecified atom stereocenters. The maximum absolute atomic E-state index is 14.1. The minimum absolute atomic E-state index is 0.116. The summed E-state index contributed by atoms with van der Waals surface area (Å²) >= 11 is 0. The average Bonchev–Trinajstić information content (AvgIpc) is 2.87. The summed E-state index contributed by atoms with van der Waals surface area (Å²) in [5.74, 6) is -1.75. The van der Waals surface area contributed by atoms with Gasteiger partial charge in [-0.05, 0) is 38.1 Å². The van der Waals surface area contributed by atoms with E-state index in [4.69, 9.17) is 5.11 Å². The maximum Gasteiger partial charge on any atom is 0.326 e. The molecule has 0 bridgehead atoms. The van der Waals surface area contributed by atoms with Crippen LogP contribution in [0.25, 0.3) is 0 Å². The molecule has 1 aliphatic rings. The van der Waals surface area contributed by atoms with Crippen molar-refractivity contribution < 1.29 is 22.7 Å². The second-order valence-electron chi connectivity index (χ2n) is 4.51. The fourth-order valence-electron chi connectivity index (χ4n) is 2.32. The number of nitrogens with one attached hydrogen (secondary N) is 1. The first-order valence-corrected chi connectivity index (χ1v) is 7.57. The van der Waals surface area contributed by atoms with Crippen molar-refractivity contribution in [1.82, 2.24) is 4.72 Å². The van der Waals surface area contributed by atoms with Gasteiger partial charge in [-0.25, -0.2) is 22.3 Å². The molecule has 1 atom stereocenters. The summed E-state index contributed by atoms with van der Waals surface area (Å²) in [5.41, 5.74) is 0.116. The van der Waals surface area contributed by atoms with Gasteiger partial charge < -0.3 is 10.0 Å². The fourth-order valence-corrected chi connectivity index (χ4v) is 3.06. The van der Waals surface area contributed by atoms with Crippen molar-refractivity contribution in [3.63, 3.8) is 0 Å². The Balaban J connectivity index is 2.38. The minimum Gasteiger partial charge on any atom is -0.480 e. The SMILES string of the molecule is CNS(=O)(=O)c1ccc(N2CCCC2C(=O)O)c(F)c1. The summed E-state index contributed by atoms with van der Waals surface area (Å²) in [6.07, 6.45) is 1.11. The monoisotopic (exact) mass is 302 g/mol. The van der Waals surface area contributed by atoms with Crippen LogP contribution in [0.15, 0.2) is 23.1 Å². The lowest BCUT2D eigenvalue weighted by Gasteiger charge is -2.24. The zero-order valence-corrected chi connectivity index (χ0v) is 11.7. The quantitative estimate of drug-likeness (QED) is 0.858. The van der Waals surface area contributed by atoms with Gasteiger partial charge in [0.2, 0.25) is 10.0 Å². The third-order valence-electron chi connectivity index (χ3n) is 3.35. The number of benzene rings is 1. The zero-order chi connectivity index (χ0) is 14.9. The predicted molar refractivity (Wildman–Crippen MR) is 70.6 cm³/mol. The van der Waals surface area contributed by atoms with Crippen molar-refractivity contribution in [3.8, 4) is 0 Å². The molecule has 20 heavy (non-hydrogen) atoms. The van der Waals surface area contributed by atoms with Gasteiger partial charge in [-0.2, -0.15) is 0 Å². The van der Waals surface area contributed by atoms with E-state index < -0.39 is 27.9 Å². The van der Waals surface area contributed by atoms with Crippen LogP contribution in [-0.2, 0) is 14.8 Å². The minimum atomic E-state index is -3.72. The number of halogens is 1. The van der Waals surface area contributed by atoms with Gasteiger partial charge in [0.15, 0.2) is 0 Å². The van der Waals surface area contributed by atoms with Crippen LogP contribution in [0.1, 0.15) is 12.8 Å². The number of rotatable bonds is 4. The Bertz CT molecular complexity index is 632. The molecule has 8 heteroatoms. The second-order valence-corrected chi connectivity index (χ2v) is 6.40. The van der Waals surface area contributed by atoms with Crippen LogP contribution in [0.5, 0.6) is 0 Å². The Labute approximate surface area is 116 Å². The van der Waals surface area contributed by atoms with Crippen LogP contribution in [0, 0.1) is 5.82 Å². The average molecular weight is 302 g/mol. The first-order valence-electron chi connectivity index (χ1n) is 6.09. The predicted octanol–water partition coefficient (Wildman–Crippen LogP) is 0.787. The van der Waals surface area contributed by atoms with Crippen molar-refractivity contribution in [2.75, 3.05) is 18.5 Å². The Morgan fingerprint density at radius 2 is 2.20 bits per heavy atom. The van der Waals surface area contributed by atoms with Gasteiger partial charge in [-0.15, -0.1) is 0 Å². The fraction of sp³-hybridized carbons (Fsp3) is 0.417. The Kier molecular flexibility index (Phi) is 3.96. The van der Waals surface area contributed by atoms with Gasteiger partial charge in [-0.3, -0.25) is 0 Å². The Morgan fingerprint density at radius 3 is 2.75 bits per heavy atom. The lowest BCUT2D eigenvalue weighted by atomic mass is 10.2. The number of carboxylic acid groups (broad SMARTS) is 1. The van der Waals surface area contributed by atoms with Crippen LogP contribution in [0.2, 0.25) is 0 Å². The summed E-state index contributed by atoms with van der Waals surface area (Å²) in [4.78, 5) is 12.4. The van der Waals surface area contributed by atoms with Crippen molar-refractivity contribution in [2.45, 2.75) is 23.8 Å². The lowest BCUT2D eigenvalue weighted by Crippen LogP contribution is -2.36. The van der Waals surface area contributed by atoms with E-state index in [2.05, 4.69) is 4.72 Å². The molecule has 0 aromatic heterocycles. The second kappa shape index (κ2) is 5.37. The molecular weight excluding hydrogens is 287 g/mol. The van der Waals surface area contributed by atoms with Gasteiger partial charge in [0.25, 0.3) is 0 Å². The maximum atomic E-state index is 14.1. The normalized spacial score (nSPS) is 19.3. The molecule has 1 aromatic rings. The van der Waals surface area contributed by atoms with Gasteiger partial charge >= 0.3 is 5.97 Å². The third-order valence-corrected chi connectivity index (χ3v) is 4.76. The lowest BCUT2D eigenvalue weighted by molar-refractivity contribution is -0.138. The van der Waals surface area contributed by atoms with E-state index in [1.54, 1.807) is 0 Å². The highest BCUT2D eigenvalue weighted by Crippen LogP contribution is 2.29. The number of nitrogens with zero attached hydrogens (tertiary/aromatic N) is 1. The Morgan fingerprint density at radius 1 is 1.50 bits per heavy atom. The summed E-state index contributed by atoms with van der Waals surface area (Å²) in [6.45, 7) is 0.437. The van der Waals surface area contributed by atoms with E-state index >= 15 is 0 Å². The molecule has 1 saturated heterocycles. The summed E-state index contributed by atoms with van der Waals surface area (Å²) in [6, 6.07) is 2.71. The molecule has 0 radical (unpaired) electrons. The van der Waals surface area contributed by atoms with Crippen LogP contribution in [0.3, 0.4) is 0 Å². The molecule has 1 aliphatic heterocycles. The van der Waals surface area contributed by atoms with E-state index in [-0.39, 0.29) is 10.6 Å². The molecule has 110 valence electrons. The van der Waals surface area contributed by atoms with Crippen molar-refractivity contribution in [2.24, 2.45) is 0 Å². The van der Waals surface area contributed by atoms with Gasteiger partial charge in [0.05, 0.1) is 10.6 Å². The van der Waals surface area contributed by atoms with Crippen molar-refractivity contribution >= 4 is 21.7 Å². The standard InChI is InChI=1S/C12H15FN2O4S/c1-14-20(18,19)8-4-5-10(9(13)7-8)15-6-2-3-11(15)12(16)17/h4-5,7,11,14H,2-3,6H2,1H3,(H,16,17). The van der Waals surface area contributed by atoms with Gasteiger partial charge in [0, 0.05) is 6.54 Å². The molecule has 0 aliphatic carbocycles. The molecule has 2 N–H and O–H groups in total. The molecule has 0 spiro atoms. The smallest absolute Gasteiger partial charge is 0.326 e. The topological polar surface area (TPSA) is 86.7 Å². The molecule has 6 nitrogen and oxygen atoms in total. The highest BCUT2D eigenvalue weighted by atomic mass is 32.2. The summed E-state index contributed by atoms with van der Waals surface area (Å²) < 4.78 is 39.3. The van der Waals surface area contributed by atoms with E-state index in [1.165, 1.54) is 24.1 Å². The molecule has 1 fully saturated rings. The zero-order valence-electron chi connectivity index (χ0n) is 10.8. The van der Waals surface area contributed by atoms with E-state index in [0.717, 1.165) is 6.07 Å². The first-order chi connectivity index (χ1) is 9.36. The first kappa shape index (κ1) is 14.7. The largest absolute Gasteiger partial charge is 0.480 e.